The number of ether oxygens (including phenoxy) is 1. The molecule has 1 aromatic rings. The molecule has 1 saturated heterocycles. The number of likely N-dealkylation sites (N-methyl/N-ethyl adjacent to an activating group) is 1. The molecule has 0 radical (unpaired) electrons. The zero-order valence-corrected chi connectivity index (χ0v) is 11.6. The second-order valence-corrected chi connectivity index (χ2v) is 5.08. The van der Waals surface area contributed by atoms with Gasteiger partial charge in [-0.3, -0.25) is 0 Å². The summed E-state index contributed by atoms with van der Waals surface area (Å²) in [6.45, 7) is 2.47. The van der Waals surface area contributed by atoms with Gasteiger partial charge >= 0.3 is 12.1 Å². The molecule has 116 valence electrons. The van der Waals surface area contributed by atoms with Crippen molar-refractivity contribution >= 4 is 11.7 Å². The smallest absolute Gasteiger partial charge is 0.417 e. The molecule has 0 amide bonds. The quantitative estimate of drug-likeness (QED) is 0.932. The SMILES string of the molecule is CC1OCCC1N(C)c1ccc(C(F)(F)F)c(C(=O)O)c1. The molecule has 0 spiro atoms. The van der Waals surface area contributed by atoms with Crippen LogP contribution in [0.2, 0.25) is 0 Å². The Morgan fingerprint density at radius 2 is 2.10 bits per heavy atom. The number of anilines is 1. The summed E-state index contributed by atoms with van der Waals surface area (Å²) in [6, 6.07) is 3.19. The Morgan fingerprint density at radius 1 is 1.43 bits per heavy atom. The average Bonchev–Trinajstić information content (AvgIpc) is 2.82. The molecule has 0 aromatic heterocycles. The molecule has 4 nitrogen and oxygen atoms in total. The third-order valence-electron chi connectivity index (χ3n) is 3.78. The van der Waals surface area contributed by atoms with Gasteiger partial charge in [-0.05, 0) is 31.5 Å². The van der Waals surface area contributed by atoms with Crippen LogP contribution in [0.4, 0.5) is 18.9 Å². The van der Waals surface area contributed by atoms with Crippen LogP contribution >= 0.6 is 0 Å². The first-order valence-corrected chi connectivity index (χ1v) is 6.51. The predicted octanol–water partition coefficient (Wildman–Crippen LogP) is 3.02. The molecule has 1 N–H and O–H groups in total. The molecule has 7 heteroatoms. The first kappa shape index (κ1) is 15.6. The van der Waals surface area contributed by atoms with Gasteiger partial charge in [-0.15, -0.1) is 0 Å². The summed E-state index contributed by atoms with van der Waals surface area (Å²) in [5.41, 5.74) is -1.44. The molecule has 1 heterocycles. The third-order valence-corrected chi connectivity index (χ3v) is 3.78. The Bertz CT molecular complexity index is 545. The highest BCUT2D eigenvalue weighted by Crippen LogP contribution is 2.35. The van der Waals surface area contributed by atoms with E-state index in [0.29, 0.717) is 12.3 Å². The van der Waals surface area contributed by atoms with E-state index >= 15 is 0 Å². The highest BCUT2D eigenvalue weighted by molar-refractivity contribution is 5.91. The topological polar surface area (TPSA) is 49.8 Å². The molecule has 2 rings (SSSR count). The first-order chi connectivity index (χ1) is 9.71. The maximum absolute atomic E-state index is 12.8. The molecule has 2 unspecified atom stereocenters. The average molecular weight is 303 g/mol. The van der Waals surface area contributed by atoms with Crippen LogP contribution in [0.25, 0.3) is 0 Å². The van der Waals surface area contributed by atoms with Crippen LogP contribution in [-0.2, 0) is 10.9 Å². The Morgan fingerprint density at radius 3 is 2.57 bits per heavy atom. The zero-order chi connectivity index (χ0) is 15.8. The van der Waals surface area contributed by atoms with Gasteiger partial charge in [0.2, 0.25) is 0 Å². The van der Waals surface area contributed by atoms with E-state index in [1.165, 1.54) is 6.07 Å². The summed E-state index contributed by atoms with van der Waals surface area (Å²) in [7, 11) is 1.73. The standard InChI is InChI=1S/C14H16F3NO3/c1-8-12(5-6-21-8)18(2)9-3-4-11(14(15,16)17)10(7-9)13(19)20/h3-4,7-8,12H,5-6H2,1-2H3,(H,19,20). The molecule has 1 aromatic carbocycles. The zero-order valence-electron chi connectivity index (χ0n) is 11.6. The fraction of sp³-hybridized carbons (Fsp3) is 0.500. The summed E-state index contributed by atoms with van der Waals surface area (Å²) >= 11 is 0. The van der Waals surface area contributed by atoms with E-state index in [1.54, 1.807) is 11.9 Å². The van der Waals surface area contributed by atoms with Crippen LogP contribution in [0.1, 0.15) is 29.3 Å². The van der Waals surface area contributed by atoms with Crippen LogP contribution in [0, 0.1) is 0 Å². The molecular weight excluding hydrogens is 287 g/mol. The monoisotopic (exact) mass is 303 g/mol. The number of hydrogen-bond acceptors (Lipinski definition) is 3. The van der Waals surface area contributed by atoms with Crippen LogP contribution in [0.3, 0.4) is 0 Å². The van der Waals surface area contributed by atoms with E-state index in [9.17, 15) is 18.0 Å². The highest BCUT2D eigenvalue weighted by atomic mass is 19.4. The number of nitrogens with zero attached hydrogens (tertiary/aromatic N) is 1. The van der Waals surface area contributed by atoms with Gasteiger partial charge in [0.05, 0.1) is 23.3 Å². The number of halogens is 3. The first-order valence-electron chi connectivity index (χ1n) is 6.51. The number of benzene rings is 1. The van der Waals surface area contributed by atoms with Crippen molar-refractivity contribution in [3.63, 3.8) is 0 Å². The van der Waals surface area contributed by atoms with Crippen molar-refractivity contribution in [2.24, 2.45) is 0 Å². The Kier molecular flexibility index (Phi) is 4.13. The van der Waals surface area contributed by atoms with Crippen molar-refractivity contribution < 1.29 is 27.8 Å². The van der Waals surface area contributed by atoms with Crippen LogP contribution in [0.5, 0.6) is 0 Å². The number of alkyl halides is 3. The van der Waals surface area contributed by atoms with Gasteiger partial charge in [0.25, 0.3) is 0 Å². The summed E-state index contributed by atoms with van der Waals surface area (Å²) < 4.78 is 43.8. The van der Waals surface area contributed by atoms with Gasteiger partial charge in [-0.1, -0.05) is 0 Å². The predicted molar refractivity (Wildman–Crippen MR) is 70.6 cm³/mol. The molecule has 0 saturated carbocycles. The second-order valence-electron chi connectivity index (χ2n) is 5.08. The van der Waals surface area contributed by atoms with E-state index in [1.807, 2.05) is 6.92 Å². The summed E-state index contributed by atoms with van der Waals surface area (Å²) in [5, 5.41) is 9.01. The molecule has 1 aliphatic heterocycles. The van der Waals surface area contributed by atoms with E-state index in [-0.39, 0.29) is 12.1 Å². The number of carbonyl (C=O) groups is 1. The lowest BCUT2D eigenvalue weighted by atomic mass is 10.0. The van der Waals surface area contributed by atoms with E-state index < -0.39 is 23.3 Å². The van der Waals surface area contributed by atoms with Crippen molar-refractivity contribution in [2.45, 2.75) is 31.7 Å². The second kappa shape index (κ2) is 5.55. The van der Waals surface area contributed by atoms with E-state index in [4.69, 9.17) is 9.84 Å². The largest absolute Gasteiger partial charge is 0.478 e. The number of rotatable bonds is 3. The number of carboxylic acids is 1. The lowest BCUT2D eigenvalue weighted by Crippen LogP contribution is -2.36. The van der Waals surface area contributed by atoms with Gasteiger partial charge in [0.15, 0.2) is 0 Å². The number of hydrogen-bond donors (Lipinski definition) is 1. The summed E-state index contributed by atoms with van der Waals surface area (Å²) in [6.07, 6.45) is -3.99. The Balaban J connectivity index is 2.38. The fourth-order valence-electron chi connectivity index (χ4n) is 2.60. The van der Waals surface area contributed by atoms with Gasteiger partial charge in [-0.25, -0.2) is 4.79 Å². The molecule has 21 heavy (non-hydrogen) atoms. The minimum Gasteiger partial charge on any atom is -0.478 e. The van der Waals surface area contributed by atoms with Crippen LogP contribution in [0.15, 0.2) is 18.2 Å². The molecule has 1 aliphatic rings. The van der Waals surface area contributed by atoms with E-state index in [0.717, 1.165) is 18.6 Å². The van der Waals surface area contributed by atoms with Crippen LogP contribution < -0.4 is 4.90 Å². The lowest BCUT2D eigenvalue weighted by Gasteiger charge is -2.29. The van der Waals surface area contributed by atoms with Gasteiger partial charge in [0, 0.05) is 19.3 Å². The molecule has 0 aliphatic carbocycles. The summed E-state index contributed by atoms with van der Waals surface area (Å²) in [5.74, 6) is -1.59. The normalized spacial score (nSPS) is 22.3. The lowest BCUT2D eigenvalue weighted by molar-refractivity contribution is -0.138. The van der Waals surface area contributed by atoms with Crippen LogP contribution in [-0.4, -0.2) is 36.9 Å². The van der Waals surface area contributed by atoms with Crippen molar-refractivity contribution in [1.82, 2.24) is 0 Å². The molecular formula is C14H16F3NO3. The van der Waals surface area contributed by atoms with Crippen molar-refractivity contribution in [3.05, 3.63) is 29.3 Å². The Hall–Kier alpha value is -1.76. The minimum atomic E-state index is -4.69. The maximum atomic E-state index is 12.8. The van der Waals surface area contributed by atoms with Crippen molar-refractivity contribution in [2.75, 3.05) is 18.6 Å². The minimum absolute atomic E-state index is 0.0170. The number of carboxylic acid groups (broad SMARTS) is 1. The Labute approximate surface area is 120 Å². The van der Waals surface area contributed by atoms with E-state index in [2.05, 4.69) is 0 Å². The van der Waals surface area contributed by atoms with Crippen molar-refractivity contribution in [1.29, 1.82) is 0 Å². The van der Waals surface area contributed by atoms with Gasteiger partial charge in [-0.2, -0.15) is 13.2 Å². The molecule has 1 fully saturated rings. The van der Waals surface area contributed by atoms with Crippen molar-refractivity contribution in [3.8, 4) is 0 Å². The summed E-state index contributed by atoms with van der Waals surface area (Å²) in [4.78, 5) is 12.9. The maximum Gasteiger partial charge on any atom is 0.417 e. The molecule has 0 bridgehead atoms. The van der Waals surface area contributed by atoms with Gasteiger partial charge in [0.1, 0.15) is 0 Å². The highest BCUT2D eigenvalue weighted by Gasteiger charge is 2.36. The fourth-order valence-corrected chi connectivity index (χ4v) is 2.60. The molecule has 2 atom stereocenters. The van der Waals surface area contributed by atoms with Gasteiger partial charge < -0.3 is 14.7 Å². The third kappa shape index (κ3) is 3.12. The number of aromatic carboxylic acids is 1.